The molecular weight excluding hydrogens is 436 g/mol. The number of hydrazine groups is 1. The monoisotopic (exact) mass is 464 g/mol. The van der Waals surface area contributed by atoms with Gasteiger partial charge in [-0.05, 0) is 42.3 Å². The normalized spacial score (nSPS) is 14.4. The van der Waals surface area contributed by atoms with Gasteiger partial charge >= 0.3 is 0 Å². The Morgan fingerprint density at radius 2 is 1.76 bits per heavy atom. The van der Waals surface area contributed by atoms with Crippen LogP contribution in [0.15, 0.2) is 54.6 Å². The number of fused-ring (bicyclic) bond motifs is 1. The third-order valence-electron chi connectivity index (χ3n) is 5.55. The van der Waals surface area contributed by atoms with Gasteiger partial charge in [0.1, 0.15) is 17.2 Å². The van der Waals surface area contributed by atoms with Gasteiger partial charge in [0.25, 0.3) is 5.91 Å². The molecule has 3 aromatic rings. The largest absolute Gasteiger partial charge is 0.457 e. The van der Waals surface area contributed by atoms with Gasteiger partial charge in [0, 0.05) is 36.8 Å². The summed E-state index contributed by atoms with van der Waals surface area (Å²) in [5.41, 5.74) is 5.93. The summed E-state index contributed by atoms with van der Waals surface area (Å²) in [4.78, 5) is 41.8. The second-order valence-electron chi connectivity index (χ2n) is 8.36. The Bertz CT molecular complexity index is 1150. The third kappa shape index (κ3) is 6.14. The van der Waals surface area contributed by atoms with Crippen LogP contribution in [-0.4, -0.2) is 53.9 Å². The summed E-state index contributed by atoms with van der Waals surface area (Å²) in [6, 6.07) is 16.6. The lowest BCUT2D eigenvalue weighted by atomic mass is 10.0. The summed E-state index contributed by atoms with van der Waals surface area (Å²) in [7, 11) is 0. The van der Waals surface area contributed by atoms with Gasteiger partial charge in [-0.1, -0.05) is 25.1 Å². The number of H-pyrrole nitrogens is 1. The van der Waals surface area contributed by atoms with Crippen LogP contribution < -0.4 is 15.6 Å². The number of ether oxygens (including phenoxy) is 2. The molecule has 2 aromatic carbocycles. The van der Waals surface area contributed by atoms with Gasteiger partial charge in [0.2, 0.25) is 11.8 Å². The first-order chi connectivity index (χ1) is 16.5. The minimum Gasteiger partial charge on any atom is -0.457 e. The number of carbonyl (C=O) groups excluding carboxylic acids is 3. The maximum atomic E-state index is 12.5. The summed E-state index contributed by atoms with van der Waals surface area (Å²) in [5.74, 6) is 0.416. The Morgan fingerprint density at radius 3 is 2.53 bits per heavy atom. The predicted octanol–water partition coefficient (Wildman–Crippen LogP) is 3.00. The fraction of sp³-hybridized carbons (Fsp3) is 0.320. The molecule has 9 heteroatoms. The zero-order valence-corrected chi connectivity index (χ0v) is 19.0. The van der Waals surface area contributed by atoms with Crippen molar-refractivity contribution in [2.45, 2.75) is 19.8 Å². The number of morpholine rings is 1. The number of amides is 3. The molecule has 34 heavy (non-hydrogen) atoms. The molecule has 9 nitrogen and oxygen atoms in total. The molecule has 0 saturated carbocycles. The van der Waals surface area contributed by atoms with Gasteiger partial charge in [0.05, 0.1) is 13.2 Å². The standard InChI is InChI=1S/C25H28N4O5/c1-17(14-24(31)29-9-11-33-12-10-29)13-23(30)27-28-25(32)22-16-18-15-20(7-8-21(18)26-22)34-19-5-3-2-4-6-19/h2-8,15-17,26H,9-14H2,1H3,(H,27,30)(H,28,32). The highest BCUT2D eigenvalue weighted by molar-refractivity contribution is 5.99. The number of nitrogens with zero attached hydrogens (tertiary/aromatic N) is 1. The molecule has 1 atom stereocenters. The van der Waals surface area contributed by atoms with E-state index in [9.17, 15) is 14.4 Å². The van der Waals surface area contributed by atoms with E-state index in [1.165, 1.54) is 0 Å². The molecule has 1 fully saturated rings. The van der Waals surface area contributed by atoms with Crippen LogP contribution in [0.3, 0.4) is 0 Å². The average Bonchev–Trinajstić information content (AvgIpc) is 3.27. The van der Waals surface area contributed by atoms with Crippen molar-refractivity contribution in [3.8, 4) is 11.5 Å². The topological polar surface area (TPSA) is 113 Å². The molecule has 4 rings (SSSR count). The van der Waals surface area contributed by atoms with Crippen LogP contribution in [0.1, 0.15) is 30.3 Å². The second-order valence-corrected chi connectivity index (χ2v) is 8.36. The number of hydrogen-bond donors (Lipinski definition) is 3. The highest BCUT2D eigenvalue weighted by Gasteiger charge is 2.21. The Kier molecular flexibility index (Phi) is 7.44. The van der Waals surface area contributed by atoms with E-state index in [0.29, 0.717) is 37.7 Å². The van der Waals surface area contributed by atoms with Crippen molar-refractivity contribution in [2.24, 2.45) is 5.92 Å². The zero-order valence-electron chi connectivity index (χ0n) is 19.0. The molecule has 2 heterocycles. The first-order valence-electron chi connectivity index (χ1n) is 11.3. The van der Waals surface area contributed by atoms with E-state index < -0.39 is 5.91 Å². The number of aromatic nitrogens is 1. The van der Waals surface area contributed by atoms with Crippen LogP contribution in [-0.2, 0) is 14.3 Å². The van der Waals surface area contributed by atoms with Crippen LogP contribution >= 0.6 is 0 Å². The SMILES string of the molecule is CC(CC(=O)NNC(=O)c1cc2cc(Oc3ccccc3)ccc2[nH]1)CC(=O)N1CCOCC1. The number of aromatic amines is 1. The van der Waals surface area contributed by atoms with Crippen LogP contribution in [0.5, 0.6) is 11.5 Å². The van der Waals surface area contributed by atoms with Gasteiger partial charge in [-0.3, -0.25) is 25.2 Å². The third-order valence-corrected chi connectivity index (χ3v) is 5.55. The molecule has 1 unspecified atom stereocenters. The van der Waals surface area contributed by atoms with Gasteiger partial charge in [0.15, 0.2) is 0 Å². The van der Waals surface area contributed by atoms with Crippen LogP contribution in [0.25, 0.3) is 10.9 Å². The summed E-state index contributed by atoms with van der Waals surface area (Å²) < 4.78 is 11.1. The molecule has 178 valence electrons. The maximum absolute atomic E-state index is 12.5. The maximum Gasteiger partial charge on any atom is 0.286 e. The van der Waals surface area contributed by atoms with Crippen molar-refractivity contribution in [2.75, 3.05) is 26.3 Å². The summed E-state index contributed by atoms with van der Waals surface area (Å²) in [5, 5.41) is 0.806. The van der Waals surface area contributed by atoms with Crippen molar-refractivity contribution in [1.29, 1.82) is 0 Å². The summed E-state index contributed by atoms with van der Waals surface area (Å²) in [6.07, 6.45) is 0.403. The van der Waals surface area contributed by atoms with Crippen molar-refractivity contribution in [3.05, 3.63) is 60.3 Å². The minimum absolute atomic E-state index is 0.0151. The number of benzene rings is 2. The quantitative estimate of drug-likeness (QED) is 0.466. The Hall–Kier alpha value is -3.85. The Balaban J connectivity index is 1.26. The van der Waals surface area contributed by atoms with Crippen molar-refractivity contribution < 1.29 is 23.9 Å². The first kappa shape index (κ1) is 23.3. The molecular formula is C25H28N4O5. The zero-order chi connectivity index (χ0) is 23.9. The summed E-state index contributed by atoms with van der Waals surface area (Å²) >= 11 is 0. The molecule has 0 bridgehead atoms. The molecule has 1 aliphatic rings. The van der Waals surface area contributed by atoms with E-state index in [0.717, 1.165) is 16.7 Å². The molecule has 0 aliphatic carbocycles. The lowest BCUT2D eigenvalue weighted by molar-refractivity contribution is -0.136. The van der Waals surface area contributed by atoms with Gasteiger partial charge in [-0.15, -0.1) is 0 Å². The Labute approximate surface area is 197 Å². The minimum atomic E-state index is -0.466. The number of hydrogen-bond acceptors (Lipinski definition) is 5. The van der Waals surface area contributed by atoms with Crippen molar-refractivity contribution in [3.63, 3.8) is 0 Å². The fourth-order valence-corrected chi connectivity index (χ4v) is 3.79. The highest BCUT2D eigenvalue weighted by Crippen LogP contribution is 2.26. The molecule has 3 N–H and O–H groups in total. The van der Waals surface area contributed by atoms with Crippen LogP contribution in [0.4, 0.5) is 0 Å². The molecule has 1 saturated heterocycles. The molecule has 1 aromatic heterocycles. The van der Waals surface area contributed by atoms with Crippen molar-refractivity contribution >= 4 is 28.6 Å². The van der Waals surface area contributed by atoms with Crippen molar-refractivity contribution in [1.82, 2.24) is 20.7 Å². The lowest BCUT2D eigenvalue weighted by Gasteiger charge is -2.27. The van der Waals surface area contributed by atoms with E-state index in [4.69, 9.17) is 9.47 Å². The molecule has 0 radical (unpaired) electrons. The molecule has 0 spiro atoms. The number of nitrogens with one attached hydrogen (secondary N) is 3. The predicted molar refractivity (Wildman–Crippen MR) is 126 cm³/mol. The second kappa shape index (κ2) is 10.8. The van der Waals surface area contributed by atoms with E-state index in [1.54, 1.807) is 11.0 Å². The summed E-state index contributed by atoms with van der Waals surface area (Å²) in [6.45, 7) is 4.09. The average molecular weight is 465 g/mol. The molecule has 1 aliphatic heterocycles. The number of para-hydroxylation sites is 1. The number of rotatable bonds is 7. The van der Waals surface area contributed by atoms with Crippen LogP contribution in [0, 0.1) is 5.92 Å². The van der Waals surface area contributed by atoms with E-state index >= 15 is 0 Å². The lowest BCUT2D eigenvalue weighted by Crippen LogP contribution is -2.43. The number of carbonyl (C=O) groups is 3. The fourth-order valence-electron chi connectivity index (χ4n) is 3.79. The van der Waals surface area contributed by atoms with E-state index in [1.807, 2.05) is 55.5 Å². The van der Waals surface area contributed by atoms with Gasteiger partial charge in [-0.25, -0.2) is 0 Å². The van der Waals surface area contributed by atoms with Crippen LogP contribution in [0.2, 0.25) is 0 Å². The smallest absolute Gasteiger partial charge is 0.286 e. The van der Waals surface area contributed by atoms with Gasteiger partial charge in [-0.2, -0.15) is 0 Å². The highest BCUT2D eigenvalue weighted by atomic mass is 16.5. The van der Waals surface area contributed by atoms with E-state index in [-0.39, 0.29) is 30.6 Å². The van der Waals surface area contributed by atoms with E-state index in [2.05, 4.69) is 15.8 Å². The molecule has 3 amide bonds. The first-order valence-corrected chi connectivity index (χ1v) is 11.3. The Morgan fingerprint density at radius 1 is 1.00 bits per heavy atom. The van der Waals surface area contributed by atoms with Gasteiger partial charge < -0.3 is 19.4 Å².